The Morgan fingerprint density at radius 1 is 0.773 bits per heavy atom. The number of hydrogen-bond donors (Lipinski definition) is 0. The molecule has 1 saturated carbocycles. The maximum Gasteiger partial charge on any atom is 0.0930 e. The number of rotatable bonds is 1. The fraction of sp³-hybridized carbons (Fsp3) is 0.200. The molecule has 3 aromatic rings. The summed E-state index contributed by atoms with van der Waals surface area (Å²) in [4.78, 5) is 9.27. The Bertz CT molecular complexity index is 824. The standard InChI is InChI=1S/C20H16N2/c1-13-17(14-7-3-2-4-8-14)20(13)15-9-5-11-21-18(15)19-16(20)10-6-12-22-19/h2-13,17H,1H3/t13-,17-/m1/s1. The number of hydrogen-bond acceptors (Lipinski definition) is 2. The van der Waals surface area contributed by atoms with Crippen LogP contribution in [0.2, 0.25) is 0 Å². The summed E-state index contributed by atoms with van der Waals surface area (Å²) >= 11 is 0. The Hall–Kier alpha value is -2.48. The lowest BCUT2D eigenvalue weighted by molar-refractivity contribution is 0.763. The lowest BCUT2D eigenvalue weighted by atomic mass is 9.88. The smallest absolute Gasteiger partial charge is 0.0930 e. The number of fused-ring (bicyclic) bond motifs is 5. The van der Waals surface area contributed by atoms with Crippen LogP contribution < -0.4 is 0 Å². The van der Waals surface area contributed by atoms with Gasteiger partial charge in [-0.05, 0) is 34.7 Å². The molecule has 0 amide bonds. The summed E-state index contributed by atoms with van der Waals surface area (Å²) in [6, 6.07) is 19.4. The van der Waals surface area contributed by atoms with E-state index in [0.29, 0.717) is 11.8 Å². The summed E-state index contributed by atoms with van der Waals surface area (Å²) in [5.41, 5.74) is 6.33. The maximum atomic E-state index is 4.64. The van der Waals surface area contributed by atoms with E-state index in [1.165, 1.54) is 16.7 Å². The number of aromatic nitrogens is 2. The molecular weight excluding hydrogens is 268 g/mol. The second-order valence-electron chi connectivity index (χ2n) is 6.35. The SMILES string of the molecule is C[C@@H]1[C@H](c2ccccc2)C12c1cccnc1-c1ncccc12. The fourth-order valence-corrected chi connectivity index (χ4v) is 4.60. The molecule has 2 atom stereocenters. The van der Waals surface area contributed by atoms with E-state index in [4.69, 9.17) is 0 Å². The topological polar surface area (TPSA) is 25.8 Å². The average molecular weight is 284 g/mol. The lowest BCUT2D eigenvalue weighted by Crippen LogP contribution is -2.09. The summed E-state index contributed by atoms with van der Waals surface area (Å²) in [5.74, 6) is 1.09. The van der Waals surface area contributed by atoms with Gasteiger partial charge in [-0.3, -0.25) is 9.97 Å². The third-order valence-corrected chi connectivity index (χ3v) is 5.49. The normalized spacial score (nSPS) is 23.1. The van der Waals surface area contributed by atoms with Gasteiger partial charge in [0.25, 0.3) is 0 Å². The van der Waals surface area contributed by atoms with E-state index in [2.05, 4.69) is 71.5 Å². The van der Waals surface area contributed by atoms with Crippen LogP contribution in [-0.4, -0.2) is 9.97 Å². The summed E-state index contributed by atoms with van der Waals surface area (Å²) in [7, 11) is 0. The van der Waals surface area contributed by atoms with Crippen LogP contribution >= 0.6 is 0 Å². The van der Waals surface area contributed by atoms with E-state index >= 15 is 0 Å². The number of benzene rings is 1. The highest BCUT2D eigenvalue weighted by atomic mass is 14.8. The van der Waals surface area contributed by atoms with Crippen molar-refractivity contribution in [3.8, 4) is 11.4 Å². The van der Waals surface area contributed by atoms with Crippen LogP contribution in [0.25, 0.3) is 11.4 Å². The van der Waals surface area contributed by atoms with Crippen molar-refractivity contribution in [2.24, 2.45) is 5.92 Å². The molecule has 2 aliphatic carbocycles. The molecule has 1 fully saturated rings. The van der Waals surface area contributed by atoms with Crippen molar-refractivity contribution in [2.45, 2.75) is 18.3 Å². The molecule has 0 bridgehead atoms. The summed E-state index contributed by atoms with van der Waals surface area (Å²) < 4.78 is 0. The van der Waals surface area contributed by atoms with Crippen molar-refractivity contribution in [3.05, 3.63) is 83.7 Å². The van der Waals surface area contributed by atoms with Gasteiger partial charge in [0.15, 0.2) is 0 Å². The van der Waals surface area contributed by atoms with Gasteiger partial charge in [-0.2, -0.15) is 0 Å². The molecule has 0 N–H and O–H groups in total. The minimum Gasteiger partial charge on any atom is -0.254 e. The average Bonchev–Trinajstić information content (AvgIpc) is 3.10. The second-order valence-corrected chi connectivity index (χ2v) is 6.35. The van der Waals surface area contributed by atoms with Gasteiger partial charge in [0.2, 0.25) is 0 Å². The van der Waals surface area contributed by atoms with E-state index in [0.717, 1.165) is 11.4 Å². The largest absolute Gasteiger partial charge is 0.254 e. The minimum absolute atomic E-state index is 0.0640. The maximum absolute atomic E-state index is 4.64. The minimum atomic E-state index is 0.0640. The molecule has 2 heteroatoms. The molecule has 1 spiro atoms. The van der Waals surface area contributed by atoms with Crippen molar-refractivity contribution in [3.63, 3.8) is 0 Å². The van der Waals surface area contributed by atoms with Crippen LogP contribution in [0, 0.1) is 5.92 Å². The fourth-order valence-electron chi connectivity index (χ4n) is 4.60. The van der Waals surface area contributed by atoms with Crippen molar-refractivity contribution in [2.75, 3.05) is 0 Å². The molecule has 0 radical (unpaired) electrons. The van der Waals surface area contributed by atoms with Gasteiger partial charge in [-0.1, -0.05) is 49.4 Å². The van der Waals surface area contributed by atoms with Gasteiger partial charge in [-0.15, -0.1) is 0 Å². The van der Waals surface area contributed by atoms with E-state index in [1.54, 1.807) is 0 Å². The second kappa shape index (κ2) is 4.04. The van der Waals surface area contributed by atoms with E-state index in [1.807, 2.05) is 12.4 Å². The third kappa shape index (κ3) is 1.26. The quantitative estimate of drug-likeness (QED) is 0.670. The molecule has 22 heavy (non-hydrogen) atoms. The van der Waals surface area contributed by atoms with Crippen molar-refractivity contribution in [1.82, 2.24) is 9.97 Å². The summed E-state index contributed by atoms with van der Waals surface area (Å²) in [6.45, 7) is 2.36. The van der Waals surface area contributed by atoms with Gasteiger partial charge < -0.3 is 0 Å². The van der Waals surface area contributed by atoms with Crippen LogP contribution in [0.15, 0.2) is 67.0 Å². The summed E-state index contributed by atoms with van der Waals surface area (Å²) in [5, 5.41) is 0. The zero-order valence-corrected chi connectivity index (χ0v) is 12.4. The highest BCUT2D eigenvalue weighted by molar-refractivity contribution is 5.79. The van der Waals surface area contributed by atoms with Crippen molar-refractivity contribution in [1.29, 1.82) is 0 Å². The zero-order chi connectivity index (χ0) is 14.7. The predicted octanol–water partition coefficient (Wildman–Crippen LogP) is 4.18. The molecule has 2 heterocycles. The summed E-state index contributed by atoms with van der Waals surface area (Å²) in [6.07, 6.45) is 3.75. The monoisotopic (exact) mass is 284 g/mol. The molecular formula is C20H16N2. The molecule has 0 saturated heterocycles. The molecule has 2 aromatic heterocycles. The lowest BCUT2D eigenvalue weighted by Gasteiger charge is -2.14. The van der Waals surface area contributed by atoms with Gasteiger partial charge in [-0.25, -0.2) is 0 Å². The van der Waals surface area contributed by atoms with Crippen LogP contribution in [0.3, 0.4) is 0 Å². The first-order chi connectivity index (χ1) is 10.8. The van der Waals surface area contributed by atoms with Crippen LogP contribution in [0.5, 0.6) is 0 Å². The Balaban J connectivity index is 1.79. The Labute approximate surface area is 129 Å². The molecule has 2 aliphatic rings. The molecule has 5 rings (SSSR count). The number of pyridine rings is 2. The van der Waals surface area contributed by atoms with E-state index < -0.39 is 0 Å². The molecule has 0 unspecified atom stereocenters. The first kappa shape index (κ1) is 12.1. The van der Waals surface area contributed by atoms with E-state index in [9.17, 15) is 0 Å². The van der Waals surface area contributed by atoms with Crippen LogP contribution in [0.4, 0.5) is 0 Å². The van der Waals surface area contributed by atoms with E-state index in [-0.39, 0.29) is 5.41 Å². The van der Waals surface area contributed by atoms with Gasteiger partial charge in [0.05, 0.1) is 11.4 Å². The zero-order valence-electron chi connectivity index (χ0n) is 12.4. The van der Waals surface area contributed by atoms with Crippen molar-refractivity contribution < 1.29 is 0 Å². The highest BCUT2D eigenvalue weighted by Gasteiger charge is 2.68. The molecule has 1 aromatic carbocycles. The molecule has 2 nitrogen and oxygen atoms in total. The van der Waals surface area contributed by atoms with Crippen LogP contribution in [0.1, 0.15) is 29.5 Å². The Morgan fingerprint density at radius 3 is 1.95 bits per heavy atom. The first-order valence-electron chi connectivity index (χ1n) is 7.81. The van der Waals surface area contributed by atoms with Gasteiger partial charge in [0.1, 0.15) is 0 Å². The molecule has 0 aliphatic heterocycles. The highest BCUT2D eigenvalue weighted by Crippen LogP contribution is 2.73. The van der Waals surface area contributed by atoms with Crippen LogP contribution in [-0.2, 0) is 5.41 Å². The number of nitrogens with zero attached hydrogens (tertiary/aromatic N) is 2. The van der Waals surface area contributed by atoms with Crippen molar-refractivity contribution >= 4 is 0 Å². The van der Waals surface area contributed by atoms with Gasteiger partial charge in [0, 0.05) is 23.7 Å². The third-order valence-electron chi connectivity index (χ3n) is 5.49. The molecule has 106 valence electrons. The Kier molecular flexibility index (Phi) is 2.22. The van der Waals surface area contributed by atoms with Gasteiger partial charge >= 0.3 is 0 Å². The Morgan fingerprint density at radius 2 is 1.36 bits per heavy atom. The first-order valence-corrected chi connectivity index (χ1v) is 7.81. The predicted molar refractivity (Wildman–Crippen MR) is 86.6 cm³/mol.